The Labute approximate surface area is 175 Å². The summed E-state index contributed by atoms with van der Waals surface area (Å²) in [5.41, 5.74) is 2.65. The molecule has 1 N–H and O–H groups in total. The molecule has 1 unspecified atom stereocenters. The SMILES string of the molecule is Cc1ccc(CCCCC(=O)NC(C)CN2CCN(c3ccccn3)CC2)cc1. The molecule has 0 saturated carbocycles. The van der Waals surface area contributed by atoms with Crippen molar-refractivity contribution >= 4 is 11.7 Å². The van der Waals surface area contributed by atoms with Crippen LogP contribution in [-0.4, -0.2) is 54.6 Å². The van der Waals surface area contributed by atoms with E-state index in [-0.39, 0.29) is 11.9 Å². The molecule has 1 atom stereocenters. The molecule has 1 amide bonds. The van der Waals surface area contributed by atoms with Crippen molar-refractivity contribution in [1.29, 1.82) is 0 Å². The third-order valence-electron chi connectivity index (χ3n) is 5.52. The number of carbonyl (C=O) groups excluding carboxylic acids is 1. The average molecular weight is 395 g/mol. The van der Waals surface area contributed by atoms with Gasteiger partial charge in [-0.15, -0.1) is 0 Å². The maximum atomic E-state index is 12.2. The standard InChI is InChI=1S/C24H34N4O/c1-20-10-12-22(13-11-20)7-3-4-9-24(29)26-21(2)19-27-15-17-28(18-16-27)23-8-5-6-14-25-23/h5-6,8,10-14,21H,3-4,7,9,15-19H2,1-2H3,(H,26,29). The molecule has 1 aromatic heterocycles. The highest BCUT2D eigenvalue weighted by molar-refractivity contribution is 5.76. The van der Waals surface area contributed by atoms with Gasteiger partial charge in [-0.1, -0.05) is 35.9 Å². The highest BCUT2D eigenvalue weighted by Crippen LogP contribution is 2.13. The first-order chi connectivity index (χ1) is 14.1. The Balaban J connectivity index is 1.28. The molecule has 5 nitrogen and oxygen atoms in total. The van der Waals surface area contributed by atoms with Crippen molar-refractivity contribution in [3.8, 4) is 0 Å². The Kier molecular flexibility index (Phi) is 8.05. The third kappa shape index (κ3) is 7.17. The summed E-state index contributed by atoms with van der Waals surface area (Å²) >= 11 is 0. The van der Waals surface area contributed by atoms with Crippen molar-refractivity contribution in [2.45, 2.75) is 45.6 Å². The lowest BCUT2D eigenvalue weighted by atomic mass is 10.1. The molecule has 5 heteroatoms. The van der Waals surface area contributed by atoms with E-state index in [4.69, 9.17) is 0 Å². The summed E-state index contributed by atoms with van der Waals surface area (Å²) in [5.74, 6) is 1.23. The molecule has 1 aromatic carbocycles. The van der Waals surface area contributed by atoms with Crippen LogP contribution in [0.4, 0.5) is 5.82 Å². The largest absolute Gasteiger partial charge is 0.354 e. The van der Waals surface area contributed by atoms with Crippen LogP contribution >= 0.6 is 0 Å². The van der Waals surface area contributed by atoms with Gasteiger partial charge in [0, 0.05) is 51.4 Å². The van der Waals surface area contributed by atoms with Crippen molar-refractivity contribution in [1.82, 2.24) is 15.2 Å². The van der Waals surface area contributed by atoms with Crippen molar-refractivity contribution in [3.05, 3.63) is 59.8 Å². The maximum absolute atomic E-state index is 12.2. The van der Waals surface area contributed by atoms with Crippen molar-refractivity contribution in [3.63, 3.8) is 0 Å². The number of aromatic nitrogens is 1. The van der Waals surface area contributed by atoms with E-state index in [1.165, 1.54) is 11.1 Å². The number of amides is 1. The van der Waals surface area contributed by atoms with Crippen LogP contribution in [0.2, 0.25) is 0 Å². The van der Waals surface area contributed by atoms with Crippen LogP contribution in [0.25, 0.3) is 0 Å². The van der Waals surface area contributed by atoms with Gasteiger partial charge in [-0.05, 0) is 50.8 Å². The molecular weight excluding hydrogens is 360 g/mol. The Hall–Kier alpha value is -2.40. The second-order valence-corrected chi connectivity index (χ2v) is 8.14. The summed E-state index contributed by atoms with van der Waals surface area (Å²) in [7, 11) is 0. The molecule has 0 spiro atoms. The lowest BCUT2D eigenvalue weighted by molar-refractivity contribution is -0.121. The second-order valence-electron chi connectivity index (χ2n) is 8.14. The quantitative estimate of drug-likeness (QED) is 0.662. The predicted octanol–water partition coefficient (Wildman–Crippen LogP) is 3.43. The molecule has 0 aliphatic carbocycles. The molecule has 2 aromatic rings. The number of pyridine rings is 1. The Morgan fingerprint density at radius 2 is 1.83 bits per heavy atom. The van der Waals surface area contributed by atoms with E-state index in [0.29, 0.717) is 6.42 Å². The number of nitrogens with zero attached hydrogens (tertiary/aromatic N) is 3. The lowest BCUT2D eigenvalue weighted by Gasteiger charge is -2.36. The van der Waals surface area contributed by atoms with Gasteiger partial charge in [-0.25, -0.2) is 4.98 Å². The van der Waals surface area contributed by atoms with E-state index in [1.807, 2.05) is 18.3 Å². The van der Waals surface area contributed by atoms with Gasteiger partial charge in [-0.3, -0.25) is 9.69 Å². The van der Waals surface area contributed by atoms with Gasteiger partial charge < -0.3 is 10.2 Å². The molecule has 1 aliphatic heterocycles. The van der Waals surface area contributed by atoms with Crippen molar-refractivity contribution in [2.24, 2.45) is 0 Å². The maximum Gasteiger partial charge on any atom is 0.220 e. The van der Waals surface area contributed by atoms with Crippen LogP contribution in [0.15, 0.2) is 48.7 Å². The summed E-state index contributed by atoms with van der Waals surface area (Å²) < 4.78 is 0. The topological polar surface area (TPSA) is 48.5 Å². The number of rotatable bonds is 9. The fraction of sp³-hybridized carbons (Fsp3) is 0.500. The lowest BCUT2D eigenvalue weighted by Crippen LogP contribution is -2.51. The van der Waals surface area contributed by atoms with Crippen molar-refractivity contribution < 1.29 is 4.79 Å². The van der Waals surface area contributed by atoms with Gasteiger partial charge >= 0.3 is 0 Å². The number of hydrogen-bond acceptors (Lipinski definition) is 4. The van der Waals surface area contributed by atoms with E-state index in [2.05, 4.69) is 64.3 Å². The Bertz CT molecular complexity index is 739. The second kappa shape index (κ2) is 11.0. The Morgan fingerprint density at radius 1 is 1.07 bits per heavy atom. The highest BCUT2D eigenvalue weighted by atomic mass is 16.1. The highest BCUT2D eigenvalue weighted by Gasteiger charge is 2.19. The molecular formula is C24H34N4O. The van der Waals surface area contributed by atoms with Gasteiger partial charge in [0.2, 0.25) is 5.91 Å². The number of benzene rings is 1. The smallest absolute Gasteiger partial charge is 0.220 e. The molecule has 29 heavy (non-hydrogen) atoms. The summed E-state index contributed by atoms with van der Waals surface area (Å²) in [5, 5.41) is 3.17. The van der Waals surface area contributed by atoms with Crippen LogP contribution in [0, 0.1) is 6.92 Å². The fourth-order valence-electron chi connectivity index (χ4n) is 3.85. The first-order valence-electron chi connectivity index (χ1n) is 10.8. The van der Waals surface area contributed by atoms with E-state index in [0.717, 1.165) is 57.8 Å². The van der Waals surface area contributed by atoms with Crippen LogP contribution in [0.5, 0.6) is 0 Å². The third-order valence-corrected chi connectivity index (χ3v) is 5.52. The molecule has 1 fully saturated rings. The number of unbranched alkanes of at least 4 members (excludes halogenated alkanes) is 1. The van der Waals surface area contributed by atoms with E-state index in [1.54, 1.807) is 0 Å². The zero-order chi connectivity index (χ0) is 20.5. The molecule has 1 aliphatic rings. The minimum atomic E-state index is 0.175. The molecule has 156 valence electrons. The number of carbonyl (C=O) groups is 1. The fourth-order valence-corrected chi connectivity index (χ4v) is 3.85. The first kappa shape index (κ1) is 21.3. The van der Waals surface area contributed by atoms with Crippen LogP contribution in [0.3, 0.4) is 0 Å². The molecule has 2 heterocycles. The molecule has 3 rings (SSSR count). The molecule has 0 bridgehead atoms. The van der Waals surface area contributed by atoms with Crippen LogP contribution in [0.1, 0.15) is 37.3 Å². The summed E-state index contributed by atoms with van der Waals surface area (Å²) in [4.78, 5) is 21.4. The van der Waals surface area contributed by atoms with Crippen LogP contribution in [-0.2, 0) is 11.2 Å². The number of aryl methyl sites for hydroxylation is 2. The number of nitrogens with one attached hydrogen (secondary N) is 1. The van der Waals surface area contributed by atoms with Crippen molar-refractivity contribution in [2.75, 3.05) is 37.6 Å². The van der Waals surface area contributed by atoms with Crippen LogP contribution < -0.4 is 10.2 Å². The normalized spacial score (nSPS) is 15.9. The zero-order valence-electron chi connectivity index (χ0n) is 17.8. The van der Waals surface area contributed by atoms with Gasteiger partial charge in [0.1, 0.15) is 5.82 Å². The minimum absolute atomic E-state index is 0.175. The van der Waals surface area contributed by atoms with Gasteiger partial charge in [0.05, 0.1) is 0 Å². The minimum Gasteiger partial charge on any atom is -0.354 e. The summed E-state index contributed by atoms with van der Waals surface area (Å²) in [6.45, 7) is 9.10. The monoisotopic (exact) mass is 394 g/mol. The Morgan fingerprint density at radius 3 is 2.52 bits per heavy atom. The summed E-state index contributed by atoms with van der Waals surface area (Å²) in [6.07, 6.45) is 5.50. The molecule has 0 radical (unpaired) electrons. The number of hydrogen-bond donors (Lipinski definition) is 1. The van der Waals surface area contributed by atoms with Gasteiger partial charge in [-0.2, -0.15) is 0 Å². The first-order valence-corrected chi connectivity index (χ1v) is 10.8. The summed E-state index contributed by atoms with van der Waals surface area (Å²) in [6, 6.07) is 14.9. The van der Waals surface area contributed by atoms with Gasteiger partial charge in [0.15, 0.2) is 0 Å². The van der Waals surface area contributed by atoms with E-state index >= 15 is 0 Å². The van der Waals surface area contributed by atoms with Gasteiger partial charge in [0.25, 0.3) is 0 Å². The van der Waals surface area contributed by atoms with E-state index in [9.17, 15) is 4.79 Å². The zero-order valence-corrected chi connectivity index (χ0v) is 17.8. The predicted molar refractivity (Wildman–Crippen MR) is 119 cm³/mol. The number of piperazine rings is 1. The molecule has 1 saturated heterocycles. The number of anilines is 1. The van der Waals surface area contributed by atoms with E-state index < -0.39 is 0 Å². The average Bonchev–Trinajstić information content (AvgIpc) is 2.73.